The first-order valence-corrected chi connectivity index (χ1v) is 12.8. The van der Waals surface area contributed by atoms with Crippen LogP contribution in [0.2, 0.25) is 10.0 Å². The number of ether oxygens (including phenoxy) is 2. The summed E-state index contributed by atoms with van der Waals surface area (Å²) in [4.78, 5) is 14.9. The Balaban J connectivity index is 1.54. The first-order chi connectivity index (χ1) is 18.4. The van der Waals surface area contributed by atoms with Crippen molar-refractivity contribution in [1.82, 2.24) is 4.90 Å². The van der Waals surface area contributed by atoms with E-state index in [0.29, 0.717) is 46.8 Å². The number of nitrogens with one attached hydrogen (secondary N) is 1. The number of methoxy groups -OCH3 is 1. The van der Waals surface area contributed by atoms with Gasteiger partial charge in [-0.25, -0.2) is 9.18 Å². The monoisotopic (exact) mass is 552 g/mol. The molecule has 0 aromatic heterocycles. The molecule has 5 nitrogen and oxygen atoms in total. The molecule has 1 N–H and O–H groups in total. The normalized spacial score (nSPS) is 10.6. The lowest BCUT2D eigenvalue weighted by atomic mass is 10.1. The number of benzene rings is 4. The van der Waals surface area contributed by atoms with Crippen LogP contribution < -0.4 is 14.8 Å². The summed E-state index contributed by atoms with van der Waals surface area (Å²) in [6, 6.07) is 26.1. The summed E-state index contributed by atoms with van der Waals surface area (Å²) >= 11 is 12.4. The van der Waals surface area contributed by atoms with Crippen LogP contribution in [-0.2, 0) is 19.6 Å². The number of amides is 2. The Morgan fingerprint density at radius 1 is 0.895 bits per heavy atom. The van der Waals surface area contributed by atoms with E-state index in [-0.39, 0.29) is 12.6 Å². The van der Waals surface area contributed by atoms with Gasteiger partial charge in [0, 0.05) is 28.8 Å². The van der Waals surface area contributed by atoms with Crippen molar-refractivity contribution in [2.45, 2.75) is 19.6 Å². The van der Waals surface area contributed by atoms with Crippen LogP contribution in [0.4, 0.5) is 14.9 Å². The molecule has 4 aromatic carbocycles. The molecule has 0 spiro atoms. The minimum atomic E-state index is -0.433. The fourth-order valence-corrected chi connectivity index (χ4v) is 4.39. The number of carbonyl (C=O) groups is 1. The number of hydrogen-bond donors (Lipinski definition) is 1. The van der Waals surface area contributed by atoms with Crippen molar-refractivity contribution in [3.63, 3.8) is 0 Å². The zero-order valence-corrected chi connectivity index (χ0v) is 22.3. The highest BCUT2D eigenvalue weighted by atomic mass is 35.5. The molecule has 0 aliphatic heterocycles. The van der Waals surface area contributed by atoms with Gasteiger partial charge in [0.25, 0.3) is 0 Å². The Hall–Kier alpha value is -3.74. The quantitative estimate of drug-likeness (QED) is 0.217. The van der Waals surface area contributed by atoms with Gasteiger partial charge in [0.05, 0.1) is 7.11 Å². The average Bonchev–Trinajstić information content (AvgIpc) is 2.91. The van der Waals surface area contributed by atoms with Crippen LogP contribution in [0.25, 0.3) is 0 Å². The Morgan fingerprint density at radius 2 is 1.71 bits per heavy atom. The second kappa shape index (κ2) is 13.2. The number of halogens is 3. The van der Waals surface area contributed by atoms with Gasteiger partial charge in [-0.2, -0.15) is 0 Å². The molecule has 0 unspecified atom stereocenters. The smallest absolute Gasteiger partial charge is 0.322 e. The molecule has 2 amide bonds. The number of rotatable bonds is 10. The van der Waals surface area contributed by atoms with E-state index in [4.69, 9.17) is 32.7 Å². The van der Waals surface area contributed by atoms with Crippen LogP contribution in [0.5, 0.6) is 11.5 Å². The van der Waals surface area contributed by atoms with Crippen LogP contribution >= 0.6 is 23.2 Å². The minimum Gasteiger partial charge on any atom is -0.493 e. The van der Waals surface area contributed by atoms with E-state index in [0.717, 1.165) is 16.7 Å². The summed E-state index contributed by atoms with van der Waals surface area (Å²) < 4.78 is 25.2. The summed E-state index contributed by atoms with van der Waals surface area (Å²) in [5.41, 5.74) is 3.09. The second-order valence-electron chi connectivity index (χ2n) is 8.61. The molecule has 38 heavy (non-hydrogen) atoms. The molecule has 0 bridgehead atoms. The molecule has 0 saturated heterocycles. The molecular weight excluding hydrogens is 526 g/mol. The Labute approximate surface area is 231 Å². The van der Waals surface area contributed by atoms with Gasteiger partial charge < -0.3 is 19.7 Å². The zero-order valence-electron chi connectivity index (χ0n) is 20.8. The Kier molecular flexibility index (Phi) is 9.46. The maximum absolute atomic E-state index is 13.7. The molecule has 0 saturated carbocycles. The summed E-state index contributed by atoms with van der Waals surface area (Å²) in [5.74, 6) is 0.728. The van der Waals surface area contributed by atoms with Gasteiger partial charge in [0.15, 0.2) is 11.5 Å². The van der Waals surface area contributed by atoms with Crippen LogP contribution in [0.15, 0.2) is 91.0 Å². The van der Waals surface area contributed by atoms with Gasteiger partial charge in [-0.1, -0.05) is 71.7 Å². The number of carbonyl (C=O) groups excluding carboxylic acids is 1. The fourth-order valence-electron chi connectivity index (χ4n) is 3.89. The Morgan fingerprint density at radius 3 is 2.45 bits per heavy atom. The van der Waals surface area contributed by atoms with Gasteiger partial charge in [-0.15, -0.1) is 0 Å². The summed E-state index contributed by atoms with van der Waals surface area (Å²) in [7, 11) is 1.58. The van der Waals surface area contributed by atoms with Crippen molar-refractivity contribution in [2.24, 2.45) is 0 Å². The molecule has 0 radical (unpaired) electrons. The SMILES string of the molecule is COc1ccc(CN(CCc2ccc(Cl)cc2Cl)C(=O)Nc2cccc(F)c2)cc1OCc1ccccc1. The summed E-state index contributed by atoms with van der Waals surface area (Å²) in [5, 5.41) is 3.86. The number of nitrogens with zero attached hydrogens (tertiary/aromatic N) is 1. The predicted molar refractivity (Wildman–Crippen MR) is 150 cm³/mol. The van der Waals surface area contributed by atoms with Crippen LogP contribution in [0.3, 0.4) is 0 Å². The molecule has 0 heterocycles. The van der Waals surface area contributed by atoms with Crippen molar-refractivity contribution >= 4 is 34.9 Å². The van der Waals surface area contributed by atoms with Crippen LogP contribution in [0.1, 0.15) is 16.7 Å². The van der Waals surface area contributed by atoms with Gasteiger partial charge in [-0.05, 0) is 65.6 Å². The highest BCUT2D eigenvalue weighted by Crippen LogP contribution is 2.30. The molecular formula is C30H27Cl2FN2O3. The predicted octanol–water partition coefficient (Wildman–Crippen LogP) is 8.00. The minimum absolute atomic E-state index is 0.276. The molecule has 4 rings (SSSR count). The van der Waals surface area contributed by atoms with E-state index < -0.39 is 5.82 Å². The molecule has 196 valence electrons. The lowest BCUT2D eigenvalue weighted by molar-refractivity contribution is 0.209. The number of urea groups is 1. The van der Waals surface area contributed by atoms with E-state index >= 15 is 0 Å². The third-order valence-electron chi connectivity index (χ3n) is 5.87. The Bertz CT molecular complexity index is 1390. The van der Waals surface area contributed by atoms with Crippen LogP contribution in [0, 0.1) is 5.82 Å². The highest BCUT2D eigenvalue weighted by molar-refractivity contribution is 6.35. The van der Waals surface area contributed by atoms with Crippen LogP contribution in [-0.4, -0.2) is 24.6 Å². The number of hydrogen-bond acceptors (Lipinski definition) is 3. The molecule has 0 fully saturated rings. The van der Waals surface area contributed by atoms with Crippen molar-refractivity contribution in [2.75, 3.05) is 19.0 Å². The molecule has 0 atom stereocenters. The second-order valence-corrected chi connectivity index (χ2v) is 9.45. The van der Waals surface area contributed by atoms with Gasteiger partial charge in [0.2, 0.25) is 0 Å². The lowest BCUT2D eigenvalue weighted by Gasteiger charge is -2.24. The first kappa shape index (κ1) is 27.3. The van der Waals surface area contributed by atoms with Gasteiger partial charge in [0.1, 0.15) is 12.4 Å². The molecule has 4 aromatic rings. The summed E-state index contributed by atoms with van der Waals surface area (Å²) in [6.45, 7) is 1.01. The van der Waals surface area contributed by atoms with Crippen molar-refractivity contribution < 1.29 is 18.7 Å². The number of anilines is 1. The first-order valence-electron chi connectivity index (χ1n) is 12.0. The van der Waals surface area contributed by atoms with E-state index in [2.05, 4.69) is 5.32 Å². The lowest BCUT2D eigenvalue weighted by Crippen LogP contribution is -2.36. The maximum atomic E-state index is 13.7. The highest BCUT2D eigenvalue weighted by Gasteiger charge is 2.17. The van der Waals surface area contributed by atoms with Gasteiger partial charge >= 0.3 is 6.03 Å². The van der Waals surface area contributed by atoms with E-state index in [1.54, 1.807) is 36.3 Å². The third kappa shape index (κ3) is 7.63. The van der Waals surface area contributed by atoms with E-state index in [1.165, 1.54) is 12.1 Å². The fraction of sp³-hybridized carbons (Fsp3) is 0.167. The van der Waals surface area contributed by atoms with Crippen molar-refractivity contribution in [3.8, 4) is 11.5 Å². The topological polar surface area (TPSA) is 50.8 Å². The molecule has 8 heteroatoms. The van der Waals surface area contributed by atoms with Crippen molar-refractivity contribution in [3.05, 3.63) is 124 Å². The molecule has 0 aliphatic carbocycles. The maximum Gasteiger partial charge on any atom is 0.322 e. The third-order valence-corrected chi connectivity index (χ3v) is 6.45. The largest absolute Gasteiger partial charge is 0.493 e. The summed E-state index contributed by atoms with van der Waals surface area (Å²) in [6.07, 6.45) is 0.500. The van der Waals surface area contributed by atoms with E-state index in [9.17, 15) is 9.18 Å². The van der Waals surface area contributed by atoms with Gasteiger partial charge in [-0.3, -0.25) is 0 Å². The molecule has 0 aliphatic rings. The average molecular weight is 553 g/mol. The van der Waals surface area contributed by atoms with Crippen molar-refractivity contribution in [1.29, 1.82) is 0 Å². The standard InChI is InChI=1S/C30H27Cl2FN2O3/c1-37-28-13-10-22(16-29(28)38-20-21-6-3-2-4-7-21)19-35(15-14-23-11-12-24(31)17-27(23)32)30(36)34-26-9-5-8-25(33)18-26/h2-13,16-18H,14-15,19-20H2,1H3,(H,34,36). The van der Waals surface area contributed by atoms with E-state index in [1.807, 2.05) is 54.6 Å². The zero-order chi connectivity index (χ0) is 26.9.